The number of rotatable bonds is 8. The normalized spacial score (nSPS) is 10.5. The highest BCUT2D eigenvalue weighted by Crippen LogP contribution is 2.31. The second kappa shape index (κ2) is 9.97. The summed E-state index contributed by atoms with van der Waals surface area (Å²) in [4.78, 5) is 12.1. The minimum Gasteiger partial charge on any atom is -0.497 e. The number of anilines is 3. The van der Waals surface area contributed by atoms with E-state index in [0.29, 0.717) is 33.0 Å². The average Bonchev–Trinajstić information content (AvgIpc) is 3.12. The Bertz CT molecular complexity index is 948. The molecule has 1 amide bonds. The Morgan fingerprint density at radius 3 is 2.68 bits per heavy atom. The molecule has 3 rings (SSSR count). The standard InChI is InChI=1S/C18H16Cl2N4O2S2/c1-26-12-5-2-4-11(10-12)21-17-23-24-18(28-17)27-9-8-15(25)22-16-13(19)6-3-7-14(16)20/h2-7,10H,8-9H2,1H3,(H,21,23)(H,22,25). The molecule has 1 aromatic heterocycles. The molecule has 0 aliphatic carbocycles. The second-order valence-electron chi connectivity index (χ2n) is 5.47. The van der Waals surface area contributed by atoms with Crippen molar-refractivity contribution in [1.29, 1.82) is 0 Å². The maximum atomic E-state index is 12.1. The van der Waals surface area contributed by atoms with Crippen molar-refractivity contribution in [2.24, 2.45) is 0 Å². The number of methoxy groups -OCH3 is 1. The SMILES string of the molecule is COc1cccc(Nc2nnc(SCCC(=O)Nc3c(Cl)cccc3Cl)s2)c1. The lowest BCUT2D eigenvalue weighted by Crippen LogP contribution is -2.12. The van der Waals surface area contributed by atoms with Crippen molar-refractivity contribution in [1.82, 2.24) is 10.2 Å². The van der Waals surface area contributed by atoms with Gasteiger partial charge in [0.15, 0.2) is 4.34 Å². The van der Waals surface area contributed by atoms with E-state index in [2.05, 4.69) is 20.8 Å². The first-order valence-corrected chi connectivity index (χ1v) is 10.7. The quantitative estimate of drug-likeness (QED) is 0.424. The maximum Gasteiger partial charge on any atom is 0.225 e. The van der Waals surface area contributed by atoms with Crippen LogP contribution in [0.15, 0.2) is 46.8 Å². The van der Waals surface area contributed by atoms with Crippen molar-refractivity contribution in [3.8, 4) is 5.75 Å². The molecule has 2 N–H and O–H groups in total. The van der Waals surface area contributed by atoms with Crippen molar-refractivity contribution >= 4 is 68.7 Å². The number of benzene rings is 2. The Balaban J connectivity index is 1.48. The number of hydrogen-bond acceptors (Lipinski definition) is 7. The highest BCUT2D eigenvalue weighted by atomic mass is 35.5. The topological polar surface area (TPSA) is 76.1 Å². The van der Waals surface area contributed by atoms with Gasteiger partial charge in [-0.15, -0.1) is 10.2 Å². The van der Waals surface area contributed by atoms with Crippen molar-refractivity contribution in [3.05, 3.63) is 52.5 Å². The number of carbonyl (C=O) groups excluding carboxylic acids is 1. The Labute approximate surface area is 180 Å². The van der Waals surface area contributed by atoms with E-state index >= 15 is 0 Å². The molecule has 0 atom stereocenters. The Hall–Kier alpha value is -2.00. The van der Waals surface area contributed by atoms with Crippen molar-refractivity contribution in [2.75, 3.05) is 23.5 Å². The van der Waals surface area contributed by atoms with E-state index in [9.17, 15) is 4.79 Å². The monoisotopic (exact) mass is 454 g/mol. The maximum absolute atomic E-state index is 12.1. The predicted molar refractivity (Wildman–Crippen MR) is 117 cm³/mol. The molecule has 6 nitrogen and oxygen atoms in total. The van der Waals surface area contributed by atoms with Crippen LogP contribution in [0.1, 0.15) is 6.42 Å². The van der Waals surface area contributed by atoms with Gasteiger partial charge in [0.1, 0.15) is 5.75 Å². The molecular formula is C18H16Cl2N4O2S2. The van der Waals surface area contributed by atoms with Crippen LogP contribution in [0.5, 0.6) is 5.75 Å². The van der Waals surface area contributed by atoms with Gasteiger partial charge in [-0.1, -0.05) is 58.4 Å². The molecule has 146 valence electrons. The molecule has 0 radical (unpaired) electrons. The number of ether oxygens (including phenoxy) is 1. The van der Waals surface area contributed by atoms with Crippen LogP contribution >= 0.6 is 46.3 Å². The summed E-state index contributed by atoms with van der Waals surface area (Å²) in [6.45, 7) is 0. The number of amides is 1. The van der Waals surface area contributed by atoms with Gasteiger partial charge in [-0.3, -0.25) is 4.79 Å². The number of hydrogen-bond donors (Lipinski definition) is 2. The molecular weight excluding hydrogens is 439 g/mol. The van der Waals surface area contributed by atoms with Crippen LogP contribution in [0.25, 0.3) is 0 Å². The van der Waals surface area contributed by atoms with Crippen LogP contribution in [0.2, 0.25) is 10.0 Å². The van der Waals surface area contributed by atoms with Gasteiger partial charge in [0.2, 0.25) is 11.0 Å². The molecule has 0 aliphatic heterocycles. The Morgan fingerprint density at radius 2 is 1.93 bits per heavy atom. The molecule has 3 aromatic rings. The third-order valence-corrected chi connectivity index (χ3v) is 6.11. The second-order valence-corrected chi connectivity index (χ2v) is 8.61. The average molecular weight is 455 g/mol. The van der Waals surface area contributed by atoms with Crippen LogP contribution < -0.4 is 15.4 Å². The summed E-state index contributed by atoms with van der Waals surface area (Å²) in [6.07, 6.45) is 0.296. The third kappa shape index (κ3) is 5.75. The number of thioether (sulfide) groups is 1. The molecule has 0 aliphatic rings. The zero-order valence-electron chi connectivity index (χ0n) is 14.7. The van der Waals surface area contributed by atoms with Gasteiger partial charge < -0.3 is 15.4 Å². The summed E-state index contributed by atoms with van der Waals surface area (Å²) in [6, 6.07) is 12.6. The van der Waals surface area contributed by atoms with Crippen molar-refractivity contribution in [3.63, 3.8) is 0 Å². The van der Waals surface area contributed by atoms with Gasteiger partial charge >= 0.3 is 0 Å². The van der Waals surface area contributed by atoms with Gasteiger partial charge in [0, 0.05) is 23.9 Å². The molecule has 0 fully saturated rings. The summed E-state index contributed by atoms with van der Waals surface area (Å²) in [5.74, 6) is 1.15. The van der Waals surface area contributed by atoms with Gasteiger partial charge in [-0.2, -0.15) is 0 Å². The van der Waals surface area contributed by atoms with Gasteiger partial charge in [0.25, 0.3) is 0 Å². The van der Waals surface area contributed by atoms with Gasteiger partial charge in [0.05, 0.1) is 22.8 Å². The summed E-state index contributed by atoms with van der Waals surface area (Å²) in [5, 5.41) is 15.7. The van der Waals surface area contributed by atoms with E-state index in [0.717, 1.165) is 15.8 Å². The first-order valence-electron chi connectivity index (χ1n) is 8.16. The molecule has 0 saturated heterocycles. The van der Waals surface area contributed by atoms with E-state index in [4.69, 9.17) is 27.9 Å². The number of para-hydroxylation sites is 1. The van der Waals surface area contributed by atoms with E-state index in [1.165, 1.54) is 23.1 Å². The van der Waals surface area contributed by atoms with E-state index < -0.39 is 0 Å². The van der Waals surface area contributed by atoms with Crippen molar-refractivity contribution < 1.29 is 9.53 Å². The van der Waals surface area contributed by atoms with Gasteiger partial charge in [-0.05, 0) is 24.3 Å². The summed E-state index contributed by atoms with van der Waals surface area (Å²) < 4.78 is 5.97. The minimum atomic E-state index is -0.165. The fraction of sp³-hybridized carbons (Fsp3) is 0.167. The molecule has 0 bridgehead atoms. The fourth-order valence-corrected chi connectivity index (χ4v) is 4.47. The number of aromatic nitrogens is 2. The number of nitrogens with one attached hydrogen (secondary N) is 2. The lowest BCUT2D eigenvalue weighted by molar-refractivity contribution is -0.115. The number of nitrogens with zero attached hydrogens (tertiary/aromatic N) is 2. The lowest BCUT2D eigenvalue weighted by Gasteiger charge is -2.08. The molecule has 1 heterocycles. The molecule has 0 saturated carbocycles. The van der Waals surface area contributed by atoms with Crippen LogP contribution in [0.4, 0.5) is 16.5 Å². The van der Waals surface area contributed by atoms with Crippen LogP contribution in [-0.2, 0) is 4.79 Å². The first kappa shape index (κ1) is 20.7. The molecule has 28 heavy (non-hydrogen) atoms. The van der Waals surface area contributed by atoms with E-state index in [1.54, 1.807) is 25.3 Å². The smallest absolute Gasteiger partial charge is 0.225 e. The van der Waals surface area contributed by atoms with Crippen LogP contribution in [0, 0.1) is 0 Å². The minimum absolute atomic E-state index is 0.165. The largest absolute Gasteiger partial charge is 0.497 e. The zero-order valence-corrected chi connectivity index (χ0v) is 17.9. The van der Waals surface area contributed by atoms with Gasteiger partial charge in [-0.25, -0.2) is 0 Å². The highest BCUT2D eigenvalue weighted by molar-refractivity contribution is 8.01. The number of carbonyl (C=O) groups is 1. The molecule has 0 unspecified atom stereocenters. The van der Waals surface area contributed by atoms with E-state index in [-0.39, 0.29) is 5.91 Å². The molecule has 2 aromatic carbocycles. The Kier molecular flexibility index (Phi) is 7.38. The zero-order chi connectivity index (χ0) is 19.9. The third-order valence-electron chi connectivity index (χ3n) is 3.51. The fourth-order valence-electron chi connectivity index (χ4n) is 2.19. The van der Waals surface area contributed by atoms with Crippen LogP contribution in [-0.4, -0.2) is 29.0 Å². The lowest BCUT2D eigenvalue weighted by atomic mass is 10.3. The molecule has 0 spiro atoms. The summed E-state index contributed by atoms with van der Waals surface area (Å²) in [5.41, 5.74) is 1.30. The summed E-state index contributed by atoms with van der Waals surface area (Å²) in [7, 11) is 1.62. The van der Waals surface area contributed by atoms with Crippen molar-refractivity contribution in [2.45, 2.75) is 10.8 Å². The summed E-state index contributed by atoms with van der Waals surface area (Å²) >= 11 is 15.0. The Morgan fingerprint density at radius 1 is 1.18 bits per heavy atom. The first-order chi connectivity index (χ1) is 13.5. The molecule has 10 heteroatoms. The van der Waals surface area contributed by atoms with Crippen LogP contribution in [0.3, 0.4) is 0 Å². The predicted octanol–water partition coefficient (Wildman–Crippen LogP) is 5.72. The number of halogens is 2. The highest BCUT2D eigenvalue weighted by Gasteiger charge is 2.11. The van der Waals surface area contributed by atoms with E-state index in [1.807, 2.05) is 24.3 Å².